The van der Waals surface area contributed by atoms with Crippen LogP contribution >= 0.6 is 0 Å². The molecule has 20 heavy (non-hydrogen) atoms. The zero-order valence-electron chi connectivity index (χ0n) is 11.7. The molecule has 0 radical (unpaired) electrons. The summed E-state index contributed by atoms with van der Waals surface area (Å²) in [6.45, 7) is 1.94. The van der Waals surface area contributed by atoms with Crippen LogP contribution in [0.25, 0.3) is 17.0 Å². The van der Waals surface area contributed by atoms with Crippen LogP contribution in [0, 0.1) is 0 Å². The van der Waals surface area contributed by atoms with E-state index in [0.717, 1.165) is 24.0 Å². The lowest BCUT2D eigenvalue weighted by Gasteiger charge is -2.11. The topological polar surface area (TPSA) is 60.5 Å². The molecule has 2 N–H and O–H groups in total. The number of benzene rings is 1. The van der Waals surface area contributed by atoms with Gasteiger partial charge in [0.25, 0.3) is 0 Å². The molecule has 0 saturated carbocycles. The maximum Gasteiger partial charge on any atom is 0.349 e. The van der Waals surface area contributed by atoms with Gasteiger partial charge in [0.15, 0.2) is 0 Å². The van der Waals surface area contributed by atoms with Gasteiger partial charge in [-0.3, -0.25) is 0 Å². The van der Waals surface area contributed by atoms with Gasteiger partial charge in [-0.2, -0.15) is 5.90 Å². The molecule has 1 aromatic heterocycles. The number of likely N-dealkylation sites (N-methyl/N-ethyl adjacent to an activating group) is 1. The molecule has 1 heterocycles. The van der Waals surface area contributed by atoms with Gasteiger partial charge < -0.3 is 14.3 Å². The fourth-order valence-corrected chi connectivity index (χ4v) is 2.03. The smallest absolute Gasteiger partial charge is 0.349 e. The van der Waals surface area contributed by atoms with Gasteiger partial charge in [-0.1, -0.05) is 6.07 Å². The molecule has 0 amide bonds. The van der Waals surface area contributed by atoms with Gasteiger partial charge in [0.05, 0.1) is 0 Å². The first-order valence-corrected chi connectivity index (χ1v) is 6.42. The predicted octanol–water partition coefficient (Wildman–Crippen LogP) is 1.63. The first-order chi connectivity index (χ1) is 9.60. The summed E-state index contributed by atoms with van der Waals surface area (Å²) in [6.07, 6.45) is 5.08. The van der Waals surface area contributed by atoms with Crippen molar-refractivity contribution in [1.29, 1.82) is 0 Å². The second-order valence-corrected chi connectivity index (χ2v) is 4.90. The molecule has 106 valence electrons. The summed E-state index contributed by atoms with van der Waals surface area (Å²) in [5.74, 6) is 4.22. The molecule has 0 bridgehead atoms. The number of fused-ring (bicyclic) bond motifs is 1. The highest BCUT2D eigenvalue weighted by molar-refractivity contribution is 5.88. The molecule has 0 saturated heterocycles. The first kappa shape index (κ1) is 14.3. The molecule has 2 rings (SSSR count). The maximum atomic E-state index is 11.0. The van der Waals surface area contributed by atoms with Crippen molar-refractivity contribution in [1.82, 2.24) is 9.47 Å². The van der Waals surface area contributed by atoms with Crippen LogP contribution in [-0.2, 0) is 16.2 Å². The molecule has 2 aromatic rings. The zero-order valence-corrected chi connectivity index (χ0v) is 11.7. The van der Waals surface area contributed by atoms with Crippen LogP contribution in [0.3, 0.4) is 0 Å². The fourth-order valence-electron chi connectivity index (χ4n) is 2.03. The summed E-state index contributed by atoms with van der Waals surface area (Å²) in [6, 6.07) is 8.12. The van der Waals surface area contributed by atoms with Crippen molar-refractivity contribution < 1.29 is 9.63 Å². The lowest BCUT2D eigenvalue weighted by molar-refractivity contribution is -0.138. The number of aromatic nitrogens is 1. The molecular weight excluding hydrogens is 254 g/mol. The van der Waals surface area contributed by atoms with E-state index in [1.54, 1.807) is 6.08 Å². The standard InChI is InChI=1S/C15H19N3O2/c1-17(2)9-10-18-8-7-13-11-12(3-5-14(13)18)4-6-15(19)20-16/h3-8,11H,9-10,16H2,1-2H3/b6-4+. The Morgan fingerprint density at radius 2 is 2.20 bits per heavy atom. The molecule has 5 nitrogen and oxygen atoms in total. The summed E-state index contributed by atoms with van der Waals surface area (Å²) < 4.78 is 2.22. The Kier molecular flexibility index (Phi) is 4.55. The molecule has 1 aromatic carbocycles. The fraction of sp³-hybridized carbons (Fsp3) is 0.267. The van der Waals surface area contributed by atoms with E-state index in [1.807, 2.05) is 12.1 Å². The van der Waals surface area contributed by atoms with Crippen LogP contribution < -0.4 is 5.90 Å². The number of rotatable bonds is 5. The van der Waals surface area contributed by atoms with E-state index in [2.05, 4.69) is 46.7 Å². The average Bonchev–Trinajstić information content (AvgIpc) is 2.84. The highest BCUT2D eigenvalue weighted by atomic mass is 16.7. The largest absolute Gasteiger partial charge is 0.370 e. The molecule has 0 atom stereocenters. The minimum Gasteiger partial charge on any atom is -0.370 e. The van der Waals surface area contributed by atoms with Crippen LogP contribution in [0.2, 0.25) is 0 Å². The van der Waals surface area contributed by atoms with Gasteiger partial charge in [0.2, 0.25) is 0 Å². The van der Waals surface area contributed by atoms with E-state index in [1.165, 1.54) is 11.6 Å². The second kappa shape index (κ2) is 6.36. The van der Waals surface area contributed by atoms with E-state index in [4.69, 9.17) is 5.90 Å². The van der Waals surface area contributed by atoms with Crippen molar-refractivity contribution in [2.75, 3.05) is 20.6 Å². The van der Waals surface area contributed by atoms with Gasteiger partial charge in [-0.25, -0.2) is 4.79 Å². The number of carbonyl (C=O) groups is 1. The summed E-state index contributed by atoms with van der Waals surface area (Å²) >= 11 is 0. The number of hydrogen-bond acceptors (Lipinski definition) is 4. The molecular formula is C15H19N3O2. The summed E-state index contributed by atoms with van der Waals surface area (Å²) in [4.78, 5) is 17.2. The maximum absolute atomic E-state index is 11.0. The SMILES string of the molecule is CN(C)CCn1ccc2cc(/C=C/C(=O)ON)ccc21. The zero-order chi connectivity index (χ0) is 14.5. The van der Waals surface area contributed by atoms with Crippen LogP contribution in [0.1, 0.15) is 5.56 Å². The Labute approximate surface area is 118 Å². The Morgan fingerprint density at radius 3 is 2.90 bits per heavy atom. The molecule has 0 fully saturated rings. The highest BCUT2D eigenvalue weighted by Gasteiger charge is 2.02. The third-order valence-corrected chi connectivity index (χ3v) is 3.11. The van der Waals surface area contributed by atoms with Crippen LogP contribution in [-0.4, -0.2) is 36.1 Å². The van der Waals surface area contributed by atoms with Gasteiger partial charge in [-0.15, -0.1) is 0 Å². The molecule has 0 aliphatic carbocycles. The van der Waals surface area contributed by atoms with Crippen LogP contribution in [0.15, 0.2) is 36.5 Å². The third kappa shape index (κ3) is 3.46. The Bertz CT molecular complexity index is 629. The normalized spacial score (nSPS) is 11.6. The van der Waals surface area contributed by atoms with Gasteiger partial charge in [0, 0.05) is 36.3 Å². The van der Waals surface area contributed by atoms with Crippen molar-refractivity contribution >= 4 is 22.9 Å². The van der Waals surface area contributed by atoms with E-state index in [-0.39, 0.29) is 0 Å². The molecule has 0 aliphatic rings. The van der Waals surface area contributed by atoms with Gasteiger partial charge >= 0.3 is 5.97 Å². The van der Waals surface area contributed by atoms with Crippen molar-refractivity contribution in [2.45, 2.75) is 6.54 Å². The van der Waals surface area contributed by atoms with Crippen molar-refractivity contribution in [3.05, 3.63) is 42.1 Å². The monoisotopic (exact) mass is 273 g/mol. The van der Waals surface area contributed by atoms with E-state index < -0.39 is 5.97 Å². The average molecular weight is 273 g/mol. The summed E-state index contributed by atoms with van der Waals surface area (Å²) in [7, 11) is 4.12. The molecule has 0 aliphatic heterocycles. The predicted molar refractivity (Wildman–Crippen MR) is 79.8 cm³/mol. The van der Waals surface area contributed by atoms with Gasteiger partial charge in [0.1, 0.15) is 0 Å². The number of nitrogens with zero attached hydrogens (tertiary/aromatic N) is 2. The number of nitrogens with two attached hydrogens (primary N) is 1. The minimum atomic E-state index is -0.561. The van der Waals surface area contributed by atoms with Crippen molar-refractivity contribution in [3.63, 3.8) is 0 Å². The lowest BCUT2D eigenvalue weighted by atomic mass is 10.1. The van der Waals surface area contributed by atoms with E-state index in [9.17, 15) is 4.79 Å². The quantitative estimate of drug-likeness (QED) is 0.664. The second-order valence-electron chi connectivity index (χ2n) is 4.90. The van der Waals surface area contributed by atoms with Crippen LogP contribution in [0.4, 0.5) is 0 Å². The Hall–Kier alpha value is -2.11. The van der Waals surface area contributed by atoms with Crippen molar-refractivity contribution in [3.8, 4) is 0 Å². The van der Waals surface area contributed by atoms with E-state index in [0.29, 0.717) is 0 Å². The number of hydrogen-bond donors (Lipinski definition) is 1. The first-order valence-electron chi connectivity index (χ1n) is 6.42. The minimum absolute atomic E-state index is 0.561. The lowest BCUT2D eigenvalue weighted by Crippen LogP contribution is -2.17. The summed E-state index contributed by atoms with van der Waals surface area (Å²) in [5, 5.41) is 1.15. The Balaban J connectivity index is 2.19. The molecule has 0 spiro atoms. The molecule has 0 unspecified atom stereocenters. The van der Waals surface area contributed by atoms with E-state index >= 15 is 0 Å². The Morgan fingerprint density at radius 1 is 1.40 bits per heavy atom. The third-order valence-electron chi connectivity index (χ3n) is 3.11. The van der Waals surface area contributed by atoms with Crippen molar-refractivity contribution in [2.24, 2.45) is 5.90 Å². The summed E-state index contributed by atoms with van der Waals surface area (Å²) in [5.41, 5.74) is 2.12. The number of carbonyl (C=O) groups excluding carboxylic acids is 1. The van der Waals surface area contributed by atoms with Crippen LogP contribution in [0.5, 0.6) is 0 Å². The highest BCUT2D eigenvalue weighted by Crippen LogP contribution is 2.18. The van der Waals surface area contributed by atoms with Gasteiger partial charge in [-0.05, 0) is 43.9 Å². The molecule has 5 heteroatoms.